The molecule has 0 aromatic rings. The molecule has 15 heteroatoms. The van der Waals surface area contributed by atoms with Gasteiger partial charge < -0.3 is 9.79 Å². The summed E-state index contributed by atoms with van der Waals surface area (Å²) in [6.07, 6.45) is 0. The Morgan fingerprint density at radius 2 is 1.18 bits per heavy atom. The van der Waals surface area contributed by atoms with E-state index < -0.39 is 32.2 Å². The Kier molecular flexibility index (Phi) is 7.56. The van der Waals surface area contributed by atoms with Gasteiger partial charge in [-0.05, 0) is 0 Å². The SMILES string of the molecule is COP(=O)(O)O[PH](=O)O[PH](=O)OP(=O)(O)OC. The van der Waals surface area contributed by atoms with Crippen LogP contribution in [0.5, 0.6) is 0 Å². The Morgan fingerprint density at radius 1 is 0.882 bits per heavy atom. The molecular formula is C2H10O11P4. The van der Waals surface area contributed by atoms with Gasteiger partial charge in [0, 0.05) is 14.2 Å². The van der Waals surface area contributed by atoms with Gasteiger partial charge in [-0.25, -0.2) is 22.1 Å². The average molecular weight is 334 g/mol. The minimum Gasteiger partial charge on any atom is -0.302 e. The van der Waals surface area contributed by atoms with Crippen molar-refractivity contribution in [2.45, 2.75) is 0 Å². The minimum atomic E-state index is -4.58. The van der Waals surface area contributed by atoms with Gasteiger partial charge in [-0.1, -0.05) is 0 Å². The normalized spacial score (nSPS) is 22.4. The zero-order chi connectivity index (χ0) is 13.7. The van der Waals surface area contributed by atoms with Crippen molar-refractivity contribution in [1.82, 2.24) is 0 Å². The number of phosphoric ester groups is 2. The highest BCUT2D eigenvalue weighted by Gasteiger charge is 2.27. The lowest BCUT2D eigenvalue weighted by Gasteiger charge is -2.10. The van der Waals surface area contributed by atoms with Crippen LogP contribution in [0, 0.1) is 0 Å². The van der Waals surface area contributed by atoms with Gasteiger partial charge in [-0.3, -0.25) is 18.2 Å². The first-order chi connectivity index (χ1) is 7.62. The summed E-state index contributed by atoms with van der Waals surface area (Å²) in [6, 6.07) is 0. The molecule has 0 spiro atoms. The van der Waals surface area contributed by atoms with E-state index in [4.69, 9.17) is 9.79 Å². The van der Waals surface area contributed by atoms with Crippen LogP contribution in [0.3, 0.4) is 0 Å². The van der Waals surface area contributed by atoms with E-state index >= 15 is 0 Å². The fourth-order valence-corrected chi connectivity index (χ4v) is 3.98. The molecule has 2 N–H and O–H groups in total. The van der Waals surface area contributed by atoms with E-state index in [1.807, 2.05) is 0 Å². The first-order valence-corrected chi connectivity index (χ1v) is 8.98. The van der Waals surface area contributed by atoms with Gasteiger partial charge in [-0.15, -0.1) is 0 Å². The van der Waals surface area contributed by atoms with Gasteiger partial charge in [0.2, 0.25) is 0 Å². The summed E-state index contributed by atoms with van der Waals surface area (Å²) in [7, 11) is -15.0. The van der Waals surface area contributed by atoms with Crippen molar-refractivity contribution in [3.63, 3.8) is 0 Å². The van der Waals surface area contributed by atoms with Gasteiger partial charge in [0.05, 0.1) is 0 Å². The predicted molar refractivity (Wildman–Crippen MR) is 54.9 cm³/mol. The number of rotatable bonds is 8. The van der Waals surface area contributed by atoms with Crippen molar-refractivity contribution in [2.75, 3.05) is 14.2 Å². The van der Waals surface area contributed by atoms with Crippen molar-refractivity contribution < 1.29 is 50.0 Å². The second-order valence-corrected chi connectivity index (χ2v) is 7.97. The molecular weight excluding hydrogens is 324 g/mol. The van der Waals surface area contributed by atoms with Crippen LogP contribution in [0.25, 0.3) is 0 Å². The quantitative estimate of drug-likeness (QED) is 0.617. The topological polar surface area (TPSA) is 155 Å². The summed E-state index contributed by atoms with van der Waals surface area (Å²) in [4.78, 5) is 17.4. The van der Waals surface area contributed by atoms with Crippen LogP contribution in [0.15, 0.2) is 0 Å². The zero-order valence-corrected chi connectivity index (χ0v) is 12.3. The highest BCUT2D eigenvalue weighted by atomic mass is 31.3. The maximum atomic E-state index is 10.9. The second-order valence-electron chi connectivity index (χ2n) is 2.09. The zero-order valence-electron chi connectivity index (χ0n) is 8.46. The van der Waals surface area contributed by atoms with Crippen molar-refractivity contribution >= 4 is 32.2 Å². The van der Waals surface area contributed by atoms with Crippen LogP contribution in [-0.4, -0.2) is 24.0 Å². The van der Waals surface area contributed by atoms with Crippen molar-refractivity contribution in [3.8, 4) is 0 Å². The van der Waals surface area contributed by atoms with Crippen LogP contribution < -0.4 is 0 Å². The molecule has 4 unspecified atom stereocenters. The predicted octanol–water partition coefficient (Wildman–Crippen LogP) is 1.31. The Labute approximate surface area is 97.1 Å². The summed E-state index contributed by atoms with van der Waals surface area (Å²) in [6.45, 7) is 0. The molecule has 0 aliphatic rings. The van der Waals surface area contributed by atoms with E-state index in [2.05, 4.69) is 22.0 Å². The third-order valence-electron chi connectivity index (χ3n) is 1.01. The molecule has 0 bridgehead atoms. The van der Waals surface area contributed by atoms with Gasteiger partial charge in [0.25, 0.3) is 0 Å². The van der Waals surface area contributed by atoms with E-state index in [0.717, 1.165) is 14.2 Å². The van der Waals surface area contributed by atoms with Gasteiger partial charge in [0.1, 0.15) is 0 Å². The summed E-state index contributed by atoms with van der Waals surface area (Å²) < 4.78 is 62.6. The molecule has 17 heavy (non-hydrogen) atoms. The Hall–Kier alpha value is 0.640. The summed E-state index contributed by atoms with van der Waals surface area (Å²) in [5.41, 5.74) is 0. The van der Waals surface area contributed by atoms with E-state index in [0.29, 0.717) is 0 Å². The first kappa shape index (κ1) is 17.6. The highest BCUT2D eigenvalue weighted by molar-refractivity contribution is 7.61. The van der Waals surface area contributed by atoms with Crippen molar-refractivity contribution in [1.29, 1.82) is 0 Å². The molecule has 0 saturated heterocycles. The monoisotopic (exact) mass is 334 g/mol. The molecule has 0 aromatic heterocycles. The third kappa shape index (κ3) is 8.37. The fraction of sp³-hybridized carbons (Fsp3) is 1.00. The molecule has 104 valence electrons. The third-order valence-corrected chi connectivity index (χ3v) is 6.30. The van der Waals surface area contributed by atoms with Crippen LogP contribution in [-0.2, 0) is 40.2 Å². The van der Waals surface area contributed by atoms with Gasteiger partial charge >= 0.3 is 32.2 Å². The maximum Gasteiger partial charge on any atom is 0.479 e. The lowest BCUT2D eigenvalue weighted by molar-refractivity contribution is 0.229. The van der Waals surface area contributed by atoms with E-state index in [9.17, 15) is 18.3 Å². The molecule has 0 heterocycles. The van der Waals surface area contributed by atoms with Crippen LogP contribution in [0.4, 0.5) is 0 Å². The molecule has 0 radical (unpaired) electrons. The van der Waals surface area contributed by atoms with E-state index in [-0.39, 0.29) is 0 Å². The molecule has 0 rings (SSSR count). The second kappa shape index (κ2) is 7.28. The molecule has 0 aliphatic heterocycles. The Bertz CT molecular complexity index is 351. The smallest absolute Gasteiger partial charge is 0.302 e. The maximum absolute atomic E-state index is 10.9. The molecule has 0 aliphatic carbocycles. The molecule has 0 amide bonds. The molecule has 0 saturated carbocycles. The van der Waals surface area contributed by atoms with Crippen LogP contribution in [0.1, 0.15) is 0 Å². The molecule has 11 nitrogen and oxygen atoms in total. The Balaban J connectivity index is 4.28. The van der Waals surface area contributed by atoms with Crippen molar-refractivity contribution in [2.24, 2.45) is 0 Å². The summed E-state index contributed by atoms with van der Waals surface area (Å²) >= 11 is 0. The summed E-state index contributed by atoms with van der Waals surface area (Å²) in [5, 5.41) is 0. The first-order valence-electron chi connectivity index (χ1n) is 3.54. The average Bonchev–Trinajstić information content (AvgIpc) is 2.15. The highest BCUT2D eigenvalue weighted by Crippen LogP contribution is 2.58. The summed E-state index contributed by atoms with van der Waals surface area (Å²) in [5.74, 6) is 0. The molecule has 4 atom stereocenters. The molecule has 0 aromatic carbocycles. The lowest BCUT2D eigenvalue weighted by atomic mass is 11.8. The van der Waals surface area contributed by atoms with Crippen LogP contribution in [0.2, 0.25) is 0 Å². The number of hydrogen-bond acceptors (Lipinski definition) is 9. The largest absolute Gasteiger partial charge is 0.479 e. The fourth-order valence-electron chi connectivity index (χ4n) is 0.368. The Morgan fingerprint density at radius 3 is 1.41 bits per heavy atom. The standard InChI is InChI=1S/C2H10O11P4/c1-9-16(5,6)12-14(3)11-15(4)13-17(7,8)10-2/h14-15H,1-2H3,(H,5,6)(H,7,8). The molecule has 0 fully saturated rings. The lowest BCUT2D eigenvalue weighted by Crippen LogP contribution is -1.86. The van der Waals surface area contributed by atoms with Crippen LogP contribution >= 0.6 is 32.2 Å². The number of phosphoric acid groups is 2. The van der Waals surface area contributed by atoms with Gasteiger partial charge in [0.15, 0.2) is 0 Å². The van der Waals surface area contributed by atoms with Gasteiger partial charge in [-0.2, -0.15) is 0 Å². The van der Waals surface area contributed by atoms with E-state index in [1.54, 1.807) is 0 Å². The number of hydrogen-bond donors (Lipinski definition) is 2. The minimum absolute atomic E-state index is 0.794. The van der Waals surface area contributed by atoms with Crippen molar-refractivity contribution in [3.05, 3.63) is 0 Å². The van der Waals surface area contributed by atoms with E-state index in [1.165, 1.54) is 0 Å².